The van der Waals surface area contributed by atoms with Crippen LogP contribution in [0, 0.1) is 0 Å². The Morgan fingerprint density at radius 1 is 1.53 bits per heavy atom. The van der Waals surface area contributed by atoms with Crippen LogP contribution < -0.4 is 0 Å². The van der Waals surface area contributed by atoms with Gasteiger partial charge in [0.15, 0.2) is 5.06 Å². The van der Waals surface area contributed by atoms with E-state index in [1.54, 1.807) is 0 Å². The van der Waals surface area contributed by atoms with Crippen molar-refractivity contribution >= 4 is 34.8 Å². The van der Waals surface area contributed by atoms with Crippen molar-refractivity contribution in [3.8, 4) is 0 Å². The maximum Gasteiger partial charge on any atom is 0.182 e. The van der Waals surface area contributed by atoms with Gasteiger partial charge in [-0.2, -0.15) is 0 Å². The molecule has 0 fully saturated rings. The lowest BCUT2D eigenvalue weighted by Crippen LogP contribution is -2.38. The van der Waals surface area contributed by atoms with E-state index in [2.05, 4.69) is 0 Å². The van der Waals surface area contributed by atoms with Crippen molar-refractivity contribution in [1.82, 2.24) is 0 Å². The number of ether oxygens (including phenoxy) is 2. The van der Waals surface area contributed by atoms with Gasteiger partial charge in [0.2, 0.25) is 0 Å². The van der Waals surface area contributed by atoms with Gasteiger partial charge < -0.3 is 14.6 Å². The number of aliphatic hydroxyl groups excluding tert-OH is 1. The SMILES string of the molecule is COC1=C(CO)C(Cl)C(Cl)(OC)C=C1Cl. The highest BCUT2D eigenvalue weighted by atomic mass is 35.5. The summed E-state index contributed by atoms with van der Waals surface area (Å²) >= 11 is 18.1. The number of hydrogen-bond acceptors (Lipinski definition) is 3. The molecule has 0 bridgehead atoms. The lowest BCUT2D eigenvalue weighted by atomic mass is 10.00. The molecule has 1 rings (SSSR count). The van der Waals surface area contributed by atoms with E-state index in [0.29, 0.717) is 11.3 Å². The van der Waals surface area contributed by atoms with Crippen LogP contribution in [0.25, 0.3) is 0 Å². The van der Waals surface area contributed by atoms with Crippen molar-refractivity contribution < 1.29 is 14.6 Å². The van der Waals surface area contributed by atoms with E-state index >= 15 is 0 Å². The highest BCUT2D eigenvalue weighted by molar-refractivity contribution is 6.37. The minimum atomic E-state index is -1.25. The molecule has 2 unspecified atom stereocenters. The zero-order valence-corrected chi connectivity index (χ0v) is 10.5. The Hall–Kier alpha value is 0.0700. The second-order valence-electron chi connectivity index (χ2n) is 2.97. The summed E-state index contributed by atoms with van der Waals surface area (Å²) in [5, 5.41) is 7.48. The van der Waals surface area contributed by atoms with Gasteiger partial charge in [0, 0.05) is 12.7 Å². The van der Waals surface area contributed by atoms with Crippen LogP contribution in [0.4, 0.5) is 0 Å². The first-order valence-electron chi connectivity index (χ1n) is 4.15. The van der Waals surface area contributed by atoms with Crippen molar-refractivity contribution in [2.75, 3.05) is 20.8 Å². The molecule has 0 aliphatic heterocycles. The number of alkyl halides is 2. The third kappa shape index (κ3) is 2.27. The van der Waals surface area contributed by atoms with Crippen LogP contribution in [0.2, 0.25) is 0 Å². The third-order valence-corrected chi connectivity index (χ3v) is 3.63. The molecular formula is C9H11Cl3O3. The van der Waals surface area contributed by atoms with Gasteiger partial charge in [-0.25, -0.2) is 0 Å². The van der Waals surface area contributed by atoms with Crippen molar-refractivity contribution in [2.24, 2.45) is 0 Å². The van der Waals surface area contributed by atoms with Crippen LogP contribution in [0.5, 0.6) is 0 Å². The largest absolute Gasteiger partial charge is 0.495 e. The Morgan fingerprint density at radius 2 is 2.13 bits per heavy atom. The van der Waals surface area contributed by atoms with Crippen LogP contribution in [-0.2, 0) is 9.47 Å². The van der Waals surface area contributed by atoms with Crippen LogP contribution in [-0.4, -0.2) is 36.4 Å². The van der Waals surface area contributed by atoms with E-state index in [1.807, 2.05) is 0 Å². The maximum atomic E-state index is 9.19. The monoisotopic (exact) mass is 272 g/mol. The predicted molar refractivity (Wildman–Crippen MR) is 60.3 cm³/mol. The molecule has 0 saturated heterocycles. The molecule has 1 aliphatic carbocycles. The minimum absolute atomic E-state index is 0.273. The Labute approximate surface area is 103 Å². The molecule has 0 saturated carbocycles. The Kier molecular flexibility index (Phi) is 4.32. The van der Waals surface area contributed by atoms with Gasteiger partial charge in [0.1, 0.15) is 11.1 Å². The molecule has 0 spiro atoms. The lowest BCUT2D eigenvalue weighted by Gasteiger charge is -2.33. The standard InChI is InChI=1S/C9H11Cl3O3/c1-14-7-5(4-13)8(11)9(12,15-2)3-6(7)10/h3,8,13H,4H2,1-2H3. The van der Waals surface area contributed by atoms with Crippen molar-refractivity contribution in [2.45, 2.75) is 10.4 Å². The number of rotatable bonds is 3. The van der Waals surface area contributed by atoms with Gasteiger partial charge in [0.25, 0.3) is 0 Å². The Balaban J connectivity index is 3.21. The Bertz CT molecular complexity index is 314. The van der Waals surface area contributed by atoms with E-state index in [0.717, 1.165) is 0 Å². The van der Waals surface area contributed by atoms with Gasteiger partial charge in [-0.15, -0.1) is 11.6 Å². The van der Waals surface area contributed by atoms with Gasteiger partial charge in [-0.3, -0.25) is 0 Å². The molecule has 6 heteroatoms. The zero-order valence-electron chi connectivity index (χ0n) is 8.26. The lowest BCUT2D eigenvalue weighted by molar-refractivity contribution is 0.0992. The summed E-state index contributed by atoms with van der Waals surface area (Å²) in [7, 11) is 2.86. The molecule has 2 atom stereocenters. The number of hydrogen-bond donors (Lipinski definition) is 1. The molecule has 0 amide bonds. The van der Waals surface area contributed by atoms with E-state index in [9.17, 15) is 5.11 Å². The fourth-order valence-electron chi connectivity index (χ4n) is 1.36. The van der Waals surface area contributed by atoms with Gasteiger partial charge in [-0.1, -0.05) is 23.2 Å². The number of aliphatic hydroxyl groups is 1. The molecule has 86 valence electrons. The molecule has 15 heavy (non-hydrogen) atoms. The summed E-state index contributed by atoms with van der Waals surface area (Å²) in [5.74, 6) is 0.340. The van der Waals surface area contributed by atoms with Crippen molar-refractivity contribution in [1.29, 1.82) is 0 Å². The second-order valence-corrected chi connectivity index (χ2v) is 4.41. The summed E-state index contributed by atoms with van der Waals surface area (Å²) < 4.78 is 10.1. The summed E-state index contributed by atoms with van der Waals surface area (Å²) in [6.07, 6.45) is 1.45. The van der Waals surface area contributed by atoms with E-state index < -0.39 is 10.4 Å². The Morgan fingerprint density at radius 3 is 2.53 bits per heavy atom. The first-order valence-corrected chi connectivity index (χ1v) is 5.34. The molecule has 0 aromatic rings. The van der Waals surface area contributed by atoms with E-state index in [4.69, 9.17) is 44.3 Å². The fraction of sp³-hybridized carbons (Fsp3) is 0.556. The normalized spacial score (nSPS) is 31.6. The third-order valence-electron chi connectivity index (χ3n) is 2.17. The van der Waals surface area contributed by atoms with Gasteiger partial charge in [-0.05, 0) is 6.08 Å². The molecular weight excluding hydrogens is 262 g/mol. The minimum Gasteiger partial charge on any atom is -0.495 e. The molecule has 0 aromatic heterocycles. The van der Waals surface area contributed by atoms with Crippen molar-refractivity contribution in [3.05, 3.63) is 22.4 Å². The molecule has 1 N–H and O–H groups in total. The first-order chi connectivity index (χ1) is 7.00. The molecule has 0 aromatic carbocycles. The van der Waals surface area contributed by atoms with E-state index in [-0.39, 0.29) is 11.6 Å². The summed E-state index contributed by atoms with van der Waals surface area (Å²) in [6.45, 7) is -0.292. The summed E-state index contributed by atoms with van der Waals surface area (Å²) in [4.78, 5) is 0. The smallest absolute Gasteiger partial charge is 0.182 e. The number of halogens is 3. The predicted octanol–water partition coefficient (Wildman–Crippen LogP) is 2.20. The van der Waals surface area contributed by atoms with Crippen LogP contribution >= 0.6 is 34.8 Å². The van der Waals surface area contributed by atoms with Crippen LogP contribution in [0.1, 0.15) is 0 Å². The molecule has 1 aliphatic rings. The first kappa shape index (κ1) is 13.1. The maximum absolute atomic E-state index is 9.19. The van der Waals surface area contributed by atoms with Gasteiger partial charge >= 0.3 is 0 Å². The quantitative estimate of drug-likeness (QED) is 0.801. The molecule has 0 radical (unpaired) electrons. The number of methoxy groups -OCH3 is 2. The fourth-order valence-corrected chi connectivity index (χ4v) is 2.34. The number of allylic oxidation sites excluding steroid dienone is 1. The van der Waals surface area contributed by atoms with Crippen LogP contribution in [0.15, 0.2) is 22.4 Å². The summed E-state index contributed by atoms with van der Waals surface area (Å²) in [6, 6.07) is 0. The average molecular weight is 274 g/mol. The van der Waals surface area contributed by atoms with Crippen LogP contribution in [0.3, 0.4) is 0 Å². The summed E-state index contributed by atoms with van der Waals surface area (Å²) in [5.41, 5.74) is 0.406. The second kappa shape index (κ2) is 4.93. The van der Waals surface area contributed by atoms with E-state index in [1.165, 1.54) is 20.3 Å². The van der Waals surface area contributed by atoms with Gasteiger partial charge in [0.05, 0.1) is 18.7 Å². The highest BCUT2D eigenvalue weighted by Crippen LogP contribution is 2.41. The average Bonchev–Trinajstić information content (AvgIpc) is 2.22. The topological polar surface area (TPSA) is 38.7 Å². The highest BCUT2D eigenvalue weighted by Gasteiger charge is 2.42. The zero-order chi connectivity index (χ0) is 11.6. The molecule has 0 heterocycles. The van der Waals surface area contributed by atoms with Crippen molar-refractivity contribution in [3.63, 3.8) is 0 Å². The molecule has 3 nitrogen and oxygen atoms in total.